The molecule has 0 atom stereocenters. The van der Waals surface area contributed by atoms with Crippen molar-refractivity contribution in [1.82, 2.24) is 0 Å². The van der Waals surface area contributed by atoms with E-state index in [-0.39, 0.29) is 39.3 Å². The Morgan fingerprint density at radius 1 is 0.700 bits per heavy atom. The third-order valence-corrected chi connectivity index (χ3v) is 5.06. The van der Waals surface area contributed by atoms with Crippen molar-refractivity contribution in [2.45, 2.75) is 14.7 Å². The molecule has 0 aliphatic heterocycles. The molecule has 0 fully saturated rings. The van der Waals surface area contributed by atoms with Crippen LogP contribution in [0.25, 0.3) is 0 Å². The van der Waals surface area contributed by atoms with Crippen molar-refractivity contribution >= 4 is 20.0 Å². The molecule has 0 amide bonds. The van der Waals surface area contributed by atoms with Crippen molar-refractivity contribution in [1.29, 1.82) is 0 Å². The minimum atomic E-state index is -4.68. The molecule has 0 aliphatic carbocycles. The smallest absolute Gasteiger partial charge is 0.744 e. The van der Waals surface area contributed by atoms with E-state index in [0.717, 1.165) is 12.1 Å². The predicted octanol–water partition coefficient (Wildman–Crippen LogP) is -1.57. The Balaban J connectivity index is 0.00000200. The van der Waals surface area contributed by atoms with Crippen LogP contribution in [-0.2, 0) is 20.0 Å². The zero-order valence-corrected chi connectivity index (χ0v) is 14.2. The molecular formula is C12H9NaO5S2. The second-order valence-corrected chi connectivity index (χ2v) is 7.07. The zero-order valence-electron chi connectivity index (χ0n) is 10.6. The van der Waals surface area contributed by atoms with Gasteiger partial charge in [0.1, 0.15) is 10.1 Å². The zero-order chi connectivity index (χ0) is 14.1. The molecule has 0 heterocycles. The first-order chi connectivity index (χ1) is 8.82. The number of hydrogen-bond acceptors (Lipinski definition) is 5. The summed E-state index contributed by atoms with van der Waals surface area (Å²) in [6.07, 6.45) is 0. The van der Waals surface area contributed by atoms with E-state index in [1.807, 2.05) is 0 Å². The second kappa shape index (κ2) is 6.38. The van der Waals surface area contributed by atoms with Crippen LogP contribution in [0.1, 0.15) is 0 Å². The van der Waals surface area contributed by atoms with E-state index in [1.54, 1.807) is 18.2 Å². The van der Waals surface area contributed by atoms with E-state index in [2.05, 4.69) is 0 Å². The average Bonchev–Trinajstić information content (AvgIpc) is 2.39. The normalized spacial score (nSPS) is 11.7. The average molecular weight is 320 g/mol. The molecule has 100 valence electrons. The molecular weight excluding hydrogens is 311 g/mol. The Hall–Kier alpha value is -0.700. The van der Waals surface area contributed by atoms with Gasteiger partial charge in [-0.1, -0.05) is 24.3 Å². The summed E-state index contributed by atoms with van der Waals surface area (Å²) in [6, 6.07) is 12.0. The first-order valence-corrected chi connectivity index (χ1v) is 8.07. The van der Waals surface area contributed by atoms with E-state index in [1.165, 1.54) is 24.3 Å². The van der Waals surface area contributed by atoms with Crippen LogP contribution in [0.5, 0.6) is 0 Å². The first-order valence-electron chi connectivity index (χ1n) is 5.18. The molecule has 5 nitrogen and oxygen atoms in total. The Bertz CT molecular complexity index is 799. The van der Waals surface area contributed by atoms with E-state index < -0.39 is 24.9 Å². The summed E-state index contributed by atoms with van der Waals surface area (Å²) < 4.78 is 57.1. The van der Waals surface area contributed by atoms with Gasteiger partial charge in [0.25, 0.3) is 0 Å². The van der Waals surface area contributed by atoms with E-state index in [0.29, 0.717) is 0 Å². The van der Waals surface area contributed by atoms with Crippen LogP contribution in [-0.4, -0.2) is 21.4 Å². The second-order valence-electron chi connectivity index (χ2n) is 3.75. The van der Waals surface area contributed by atoms with Gasteiger partial charge in [-0.2, -0.15) is 0 Å². The van der Waals surface area contributed by atoms with Gasteiger partial charge in [0.05, 0.1) is 14.7 Å². The van der Waals surface area contributed by atoms with Crippen LogP contribution in [0, 0.1) is 0 Å². The molecule has 0 aromatic heterocycles. The number of sulfone groups is 1. The van der Waals surface area contributed by atoms with Crippen molar-refractivity contribution in [3.05, 3.63) is 54.6 Å². The summed E-state index contributed by atoms with van der Waals surface area (Å²) >= 11 is 0. The van der Waals surface area contributed by atoms with Gasteiger partial charge in [0.2, 0.25) is 9.84 Å². The minimum absolute atomic E-state index is 0. The molecule has 20 heavy (non-hydrogen) atoms. The van der Waals surface area contributed by atoms with E-state index in [9.17, 15) is 21.4 Å². The van der Waals surface area contributed by atoms with Crippen molar-refractivity contribution in [3.63, 3.8) is 0 Å². The molecule has 0 radical (unpaired) electrons. The molecule has 0 aliphatic rings. The van der Waals surface area contributed by atoms with Gasteiger partial charge in [-0.05, 0) is 30.3 Å². The summed E-state index contributed by atoms with van der Waals surface area (Å²) in [5, 5.41) is 0. The maximum atomic E-state index is 12.2. The molecule has 0 unspecified atom stereocenters. The standard InChI is InChI=1S/C12H10O5S2.Na/c13-18(14,10-5-2-1-3-6-10)11-7-4-8-12(9-11)19(15,16)17;/h1-9H,(H,15,16,17);/q;+1/p-1. The Morgan fingerprint density at radius 3 is 1.75 bits per heavy atom. The van der Waals surface area contributed by atoms with Crippen LogP contribution >= 0.6 is 0 Å². The molecule has 0 saturated carbocycles. The first kappa shape index (κ1) is 17.4. The molecule has 0 N–H and O–H groups in total. The van der Waals surface area contributed by atoms with Gasteiger partial charge in [0, 0.05) is 0 Å². The third kappa shape index (κ3) is 3.69. The van der Waals surface area contributed by atoms with Crippen LogP contribution in [0.4, 0.5) is 0 Å². The van der Waals surface area contributed by atoms with Gasteiger partial charge >= 0.3 is 29.6 Å². The van der Waals surface area contributed by atoms with E-state index >= 15 is 0 Å². The SMILES string of the molecule is O=S(=O)([O-])c1cccc(S(=O)(=O)c2ccccc2)c1.[Na+]. The summed E-state index contributed by atoms with van der Waals surface area (Å²) in [5.74, 6) is 0. The van der Waals surface area contributed by atoms with Gasteiger partial charge < -0.3 is 4.55 Å². The number of hydrogen-bond donors (Lipinski definition) is 0. The molecule has 2 aromatic rings. The van der Waals surface area contributed by atoms with Gasteiger partial charge in [-0.3, -0.25) is 0 Å². The molecule has 8 heteroatoms. The van der Waals surface area contributed by atoms with Crippen LogP contribution in [0.3, 0.4) is 0 Å². The Labute approximate surface area is 139 Å². The maximum absolute atomic E-state index is 12.2. The summed E-state index contributed by atoms with van der Waals surface area (Å²) in [7, 11) is -8.51. The monoisotopic (exact) mass is 320 g/mol. The summed E-state index contributed by atoms with van der Waals surface area (Å²) in [4.78, 5) is -0.754. The number of benzene rings is 2. The third-order valence-electron chi connectivity index (χ3n) is 2.46. The van der Waals surface area contributed by atoms with Gasteiger partial charge in [0.15, 0.2) is 0 Å². The van der Waals surface area contributed by atoms with Gasteiger partial charge in [-0.25, -0.2) is 16.8 Å². The largest absolute Gasteiger partial charge is 1.00 e. The van der Waals surface area contributed by atoms with Crippen LogP contribution in [0.15, 0.2) is 69.3 Å². The fraction of sp³-hybridized carbons (Fsp3) is 0. The number of rotatable bonds is 3. The molecule has 2 rings (SSSR count). The van der Waals surface area contributed by atoms with Crippen LogP contribution in [0.2, 0.25) is 0 Å². The molecule has 0 bridgehead atoms. The fourth-order valence-corrected chi connectivity index (χ4v) is 3.45. The predicted molar refractivity (Wildman–Crippen MR) is 66.3 cm³/mol. The fourth-order valence-electron chi connectivity index (χ4n) is 1.53. The molecule has 0 spiro atoms. The topological polar surface area (TPSA) is 91.3 Å². The Morgan fingerprint density at radius 2 is 1.20 bits per heavy atom. The summed E-state index contributed by atoms with van der Waals surface area (Å²) in [5.41, 5.74) is 0. The van der Waals surface area contributed by atoms with Crippen molar-refractivity contribution < 1.29 is 50.9 Å². The van der Waals surface area contributed by atoms with E-state index in [4.69, 9.17) is 0 Å². The van der Waals surface area contributed by atoms with Gasteiger partial charge in [-0.15, -0.1) is 0 Å². The molecule has 0 saturated heterocycles. The van der Waals surface area contributed by atoms with Crippen molar-refractivity contribution in [3.8, 4) is 0 Å². The Kier molecular flexibility index (Phi) is 5.54. The van der Waals surface area contributed by atoms with Crippen molar-refractivity contribution in [2.24, 2.45) is 0 Å². The maximum Gasteiger partial charge on any atom is 1.00 e. The van der Waals surface area contributed by atoms with Crippen molar-refractivity contribution in [2.75, 3.05) is 0 Å². The molecule has 2 aromatic carbocycles. The minimum Gasteiger partial charge on any atom is -0.744 e. The van der Waals surface area contributed by atoms with Crippen LogP contribution < -0.4 is 29.6 Å². The quantitative estimate of drug-likeness (QED) is 0.503. The summed E-state index contributed by atoms with van der Waals surface area (Å²) in [6.45, 7) is 0.